The largest absolute Gasteiger partial charge is 0.310 e. The summed E-state index contributed by atoms with van der Waals surface area (Å²) < 4.78 is 2.32. The lowest BCUT2D eigenvalue weighted by atomic mass is 10.2. The fourth-order valence-electron chi connectivity index (χ4n) is 2.95. The van der Waals surface area contributed by atoms with Crippen LogP contribution in [0.4, 0.5) is 0 Å². The Morgan fingerprint density at radius 3 is 2.18 bits per heavy atom. The average Bonchev–Trinajstić information content (AvgIpc) is 2.80. The Hall–Kier alpha value is -1.91. The van der Waals surface area contributed by atoms with E-state index in [1.807, 2.05) is 12.4 Å². The second-order valence-electron chi connectivity index (χ2n) is 6.33. The molecule has 0 radical (unpaired) electrons. The molecule has 0 aliphatic heterocycles. The van der Waals surface area contributed by atoms with Crippen molar-refractivity contribution in [1.82, 2.24) is 20.2 Å². The number of hydrogen-bond donors (Lipinski definition) is 2. The second kappa shape index (κ2) is 6.07. The predicted molar refractivity (Wildman–Crippen MR) is 92.8 cm³/mol. The Labute approximate surface area is 131 Å². The van der Waals surface area contributed by atoms with Gasteiger partial charge in [-0.15, -0.1) is 0 Å². The highest BCUT2D eigenvalue weighted by molar-refractivity contribution is 6.07. The molecule has 0 aliphatic rings. The Balaban J connectivity index is 2.24. The van der Waals surface area contributed by atoms with E-state index < -0.39 is 0 Å². The topological polar surface area (TPSA) is 41.9 Å². The minimum atomic E-state index is 0.0339. The summed E-state index contributed by atoms with van der Waals surface area (Å²) in [6.45, 7) is 8.67. The number of hydrogen-bond acceptors (Lipinski definition) is 3. The number of aromatic nitrogens is 2. The highest BCUT2D eigenvalue weighted by atomic mass is 15.3. The molecule has 0 amide bonds. The maximum absolute atomic E-state index is 4.33. The highest BCUT2D eigenvalue weighted by Gasteiger charge is 2.19. The van der Waals surface area contributed by atoms with Gasteiger partial charge in [0.15, 0.2) is 0 Å². The second-order valence-corrected chi connectivity index (χ2v) is 6.33. The summed E-state index contributed by atoms with van der Waals surface area (Å²) >= 11 is 0. The van der Waals surface area contributed by atoms with E-state index in [0.29, 0.717) is 12.1 Å². The van der Waals surface area contributed by atoms with E-state index in [-0.39, 0.29) is 6.29 Å². The van der Waals surface area contributed by atoms with Gasteiger partial charge >= 0.3 is 0 Å². The molecule has 3 rings (SSSR count). The molecule has 2 N–H and O–H groups in total. The van der Waals surface area contributed by atoms with Crippen molar-refractivity contribution in [3.8, 4) is 0 Å². The molecule has 116 valence electrons. The minimum Gasteiger partial charge on any atom is -0.310 e. The standard InChI is InChI=1S/C18H24N4/c1-12(2)20-18(21-13(3)4)22-16-8-6-5-7-14(16)15-9-10-19-11-17(15)22/h5-13,18,20-21H,1-4H3. The van der Waals surface area contributed by atoms with Crippen molar-refractivity contribution in [2.24, 2.45) is 0 Å². The molecule has 3 aromatic rings. The van der Waals surface area contributed by atoms with Crippen LogP contribution >= 0.6 is 0 Å². The van der Waals surface area contributed by atoms with E-state index in [9.17, 15) is 0 Å². The monoisotopic (exact) mass is 296 g/mol. The van der Waals surface area contributed by atoms with Crippen molar-refractivity contribution in [2.75, 3.05) is 0 Å². The first kappa shape index (κ1) is 15.0. The van der Waals surface area contributed by atoms with Gasteiger partial charge in [-0.25, -0.2) is 0 Å². The van der Waals surface area contributed by atoms with Crippen LogP contribution < -0.4 is 10.6 Å². The zero-order valence-electron chi connectivity index (χ0n) is 13.7. The minimum absolute atomic E-state index is 0.0339. The van der Waals surface area contributed by atoms with Gasteiger partial charge in [-0.1, -0.05) is 18.2 Å². The first-order valence-corrected chi connectivity index (χ1v) is 7.92. The van der Waals surface area contributed by atoms with E-state index in [1.54, 1.807) is 0 Å². The van der Waals surface area contributed by atoms with E-state index in [4.69, 9.17) is 0 Å². The molecule has 0 spiro atoms. The van der Waals surface area contributed by atoms with Gasteiger partial charge in [0.2, 0.25) is 0 Å². The van der Waals surface area contributed by atoms with Crippen molar-refractivity contribution in [3.05, 3.63) is 42.7 Å². The van der Waals surface area contributed by atoms with Crippen LogP contribution in [0.25, 0.3) is 21.8 Å². The summed E-state index contributed by atoms with van der Waals surface area (Å²) in [6, 6.07) is 11.4. The summed E-state index contributed by atoms with van der Waals surface area (Å²) in [5.41, 5.74) is 2.37. The highest BCUT2D eigenvalue weighted by Crippen LogP contribution is 2.30. The molecule has 0 saturated carbocycles. The lowest BCUT2D eigenvalue weighted by Crippen LogP contribution is -2.44. The summed E-state index contributed by atoms with van der Waals surface area (Å²) in [6.07, 6.45) is 3.85. The van der Waals surface area contributed by atoms with Crippen LogP contribution in [0, 0.1) is 0 Å². The third-order valence-electron chi connectivity index (χ3n) is 3.75. The lowest BCUT2D eigenvalue weighted by molar-refractivity contribution is 0.298. The number of nitrogens with one attached hydrogen (secondary N) is 2. The molecule has 0 unspecified atom stereocenters. The van der Waals surface area contributed by atoms with Crippen LogP contribution in [0.5, 0.6) is 0 Å². The lowest BCUT2D eigenvalue weighted by Gasteiger charge is -2.27. The van der Waals surface area contributed by atoms with Gasteiger partial charge in [-0.05, 0) is 39.8 Å². The molecule has 4 heteroatoms. The molecule has 0 saturated heterocycles. The molecule has 2 aromatic heterocycles. The van der Waals surface area contributed by atoms with Crippen LogP contribution in [-0.2, 0) is 0 Å². The average molecular weight is 296 g/mol. The smallest absolute Gasteiger partial charge is 0.139 e. The fraction of sp³-hybridized carbons (Fsp3) is 0.389. The molecular formula is C18H24N4. The van der Waals surface area contributed by atoms with Crippen LogP contribution in [0.1, 0.15) is 34.0 Å². The third kappa shape index (κ3) is 2.72. The van der Waals surface area contributed by atoms with Crippen molar-refractivity contribution < 1.29 is 0 Å². The summed E-state index contributed by atoms with van der Waals surface area (Å²) in [5, 5.41) is 9.75. The zero-order chi connectivity index (χ0) is 15.7. The quantitative estimate of drug-likeness (QED) is 0.706. The number of rotatable bonds is 5. The molecular weight excluding hydrogens is 272 g/mol. The molecule has 0 fully saturated rings. The third-order valence-corrected chi connectivity index (χ3v) is 3.75. The molecule has 4 nitrogen and oxygen atoms in total. The zero-order valence-corrected chi connectivity index (χ0v) is 13.7. The first-order valence-electron chi connectivity index (χ1n) is 7.92. The van der Waals surface area contributed by atoms with Crippen LogP contribution in [-0.4, -0.2) is 21.6 Å². The van der Waals surface area contributed by atoms with E-state index in [0.717, 1.165) is 5.52 Å². The SMILES string of the molecule is CC(C)NC(NC(C)C)n1c2ccccc2c2ccncc21. The van der Waals surface area contributed by atoms with Gasteiger partial charge in [0, 0.05) is 29.1 Å². The molecule has 1 aromatic carbocycles. The van der Waals surface area contributed by atoms with Gasteiger partial charge in [-0.3, -0.25) is 15.6 Å². The van der Waals surface area contributed by atoms with Crippen molar-refractivity contribution in [3.63, 3.8) is 0 Å². The number of nitrogens with zero attached hydrogens (tertiary/aromatic N) is 2. The van der Waals surface area contributed by atoms with Crippen molar-refractivity contribution in [1.29, 1.82) is 0 Å². The van der Waals surface area contributed by atoms with Gasteiger partial charge in [0.1, 0.15) is 6.29 Å². The number of para-hydroxylation sites is 1. The van der Waals surface area contributed by atoms with Crippen LogP contribution in [0.2, 0.25) is 0 Å². The molecule has 22 heavy (non-hydrogen) atoms. The predicted octanol–water partition coefficient (Wildman–Crippen LogP) is 3.64. The van der Waals surface area contributed by atoms with Crippen molar-refractivity contribution in [2.45, 2.75) is 46.1 Å². The summed E-state index contributed by atoms with van der Waals surface area (Å²) in [5.74, 6) is 0. The van der Waals surface area contributed by atoms with E-state index in [1.165, 1.54) is 16.3 Å². The molecule has 2 heterocycles. The molecule has 0 bridgehead atoms. The maximum Gasteiger partial charge on any atom is 0.139 e. The van der Waals surface area contributed by atoms with Crippen LogP contribution in [0.3, 0.4) is 0 Å². The van der Waals surface area contributed by atoms with Gasteiger partial charge < -0.3 is 4.57 Å². The Morgan fingerprint density at radius 1 is 0.864 bits per heavy atom. The number of benzene rings is 1. The Morgan fingerprint density at radius 2 is 1.50 bits per heavy atom. The first-order chi connectivity index (χ1) is 10.6. The normalized spacial score (nSPS) is 12.3. The van der Waals surface area contributed by atoms with Crippen molar-refractivity contribution >= 4 is 21.8 Å². The number of fused-ring (bicyclic) bond motifs is 3. The maximum atomic E-state index is 4.33. The number of pyridine rings is 1. The Bertz CT molecular complexity index is 710. The van der Waals surface area contributed by atoms with Gasteiger partial charge in [-0.2, -0.15) is 0 Å². The summed E-state index contributed by atoms with van der Waals surface area (Å²) in [7, 11) is 0. The summed E-state index contributed by atoms with van der Waals surface area (Å²) in [4.78, 5) is 4.33. The van der Waals surface area contributed by atoms with Gasteiger partial charge in [0.25, 0.3) is 0 Å². The van der Waals surface area contributed by atoms with E-state index in [2.05, 4.69) is 78.2 Å². The fourth-order valence-corrected chi connectivity index (χ4v) is 2.95. The molecule has 0 atom stereocenters. The van der Waals surface area contributed by atoms with Gasteiger partial charge in [0.05, 0.1) is 17.2 Å². The van der Waals surface area contributed by atoms with Crippen LogP contribution in [0.15, 0.2) is 42.7 Å². The van der Waals surface area contributed by atoms with E-state index >= 15 is 0 Å². The molecule has 0 aliphatic carbocycles. The Kier molecular flexibility index (Phi) is 4.14.